The minimum absolute atomic E-state index is 0.249. The van der Waals surface area contributed by atoms with Gasteiger partial charge >= 0.3 is 39.6 Å². The number of rotatable bonds is 21. The smallest absolute Gasteiger partial charge is 0.463 e. The zero-order valence-electron chi connectivity index (χ0n) is 32.6. The molecule has 5 atom stereocenters. The van der Waals surface area contributed by atoms with Gasteiger partial charge in [-0.25, -0.2) is 32.6 Å². The molecule has 0 radical (unpaired) electrons. The second kappa shape index (κ2) is 21.2. The second-order valence-corrected chi connectivity index (χ2v) is 16.6. The van der Waals surface area contributed by atoms with Crippen molar-refractivity contribution in [2.24, 2.45) is 0 Å². The van der Waals surface area contributed by atoms with Gasteiger partial charge in [-0.3, -0.25) is 27.8 Å². The third-order valence-electron chi connectivity index (χ3n) is 7.43. The fourth-order valence-electron chi connectivity index (χ4n) is 4.92. The molecule has 3 heterocycles. The van der Waals surface area contributed by atoms with E-state index < -0.39 is 121 Å². The van der Waals surface area contributed by atoms with Gasteiger partial charge in [0.1, 0.15) is 24.0 Å². The predicted octanol–water partition coefficient (Wildman–Crippen LogP) is 3.50. The van der Waals surface area contributed by atoms with E-state index in [9.17, 15) is 43.3 Å². The van der Waals surface area contributed by atoms with Crippen molar-refractivity contribution in [1.29, 1.82) is 0 Å². The summed E-state index contributed by atoms with van der Waals surface area (Å²) in [6.07, 6.45) is -11.0. The third-order valence-corrected chi connectivity index (χ3v) is 10.8. The van der Waals surface area contributed by atoms with Crippen molar-refractivity contribution in [2.75, 3.05) is 26.8 Å². The SMILES string of the molecule is CC(C)OC(=O)CCOP(=O)(OC[C@H]1O[C@@H](n2ccc(=O)n(Cc3noc4ccccc34)c2=O)[C@@H](O)C1O)OP(=O)(OCOC(=O)OC(C)C)OCOC(=O)OC(C)C. The van der Waals surface area contributed by atoms with Crippen molar-refractivity contribution in [1.82, 2.24) is 14.3 Å². The van der Waals surface area contributed by atoms with Gasteiger partial charge in [0, 0.05) is 17.6 Å². The van der Waals surface area contributed by atoms with Gasteiger partial charge in [-0.1, -0.05) is 17.3 Å². The Morgan fingerprint density at radius 3 is 2.02 bits per heavy atom. The van der Waals surface area contributed by atoms with Gasteiger partial charge < -0.3 is 43.2 Å². The zero-order valence-corrected chi connectivity index (χ0v) is 34.4. The number of benzene rings is 1. The summed E-state index contributed by atoms with van der Waals surface area (Å²) in [5.41, 5.74) is -1.07. The van der Waals surface area contributed by atoms with Gasteiger partial charge in [0.05, 0.1) is 44.5 Å². The number of aliphatic hydroxyl groups is 2. The summed E-state index contributed by atoms with van der Waals surface area (Å²) in [4.78, 5) is 62.3. The number of phosphoric ester groups is 2. The number of aliphatic hydroxyl groups excluding tert-OH is 2. The van der Waals surface area contributed by atoms with Crippen molar-refractivity contribution < 1.29 is 89.1 Å². The van der Waals surface area contributed by atoms with Gasteiger partial charge in [0.25, 0.3) is 5.56 Å². The molecular weight excluding hydrogens is 836 g/mol. The maximum absolute atomic E-state index is 14.1. The molecule has 24 nitrogen and oxygen atoms in total. The van der Waals surface area contributed by atoms with Crippen LogP contribution in [0.4, 0.5) is 9.59 Å². The monoisotopic (exact) mass is 881 g/mol. The average molecular weight is 882 g/mol. The molecule has 0 aliphatic carbocycles. The summed E-state index contributed by atoms with van der Waals surface area (Å²) in [5, 5.41) is 26.4. The Morgan fingerprint density at radius 2 is 1.41 bits per heavy atom. The number of esters is 1. The van der Waals surface area contributed by atoms with Crippen LogP contribution in [0.3, 0.4) is 0 Å². The van der Waals surface area contributed by atoms with Crippen molar-refractivity contribution >= 4 is 44.9 Å². The topological polar surface area (TPSA) is 297 Å². The number of fused-ring (bicyclic) bond motifs is 1. The first-order chi connectivity index (χ1) is 27.8. The van der Waals surface area contributed by atoms with E-state index in [0.717, 1.165) is 21.4 Å². The van der Waals surface area contributed by atoms with Gasteiger partial charge in [-0.2, -0.15) is 4.31 Å². The fraction of sp³-hybridized carbons (Fsp3) is 0.576. The molecule has 1 aliphatic heterocycles. The van der Waals surface area contributed by atoms with E-state index in [0.29, 0.717) is 11.0 Å². The minimum Gasteiger partial charge on any atom is -0.463 e. The Labute approximate surface area is 335 Å². The van der Waals surface area contributed by atoms with E-state index in [1.165, 1.54) is 27.7 Å². The summed E-state index contributed by atoms with van der Waals surface area (Å²) < 4.78 is 89.8. The highest BCUT2D eigenvalue weighted by Gasteiger charge is 2.48. The molecule has 2 aromatic heterocycles. The molecule has 0 bridgehead atoms. The molecule has 0 saturated carbocycles. The first kappa shape index (κ1) is 47.2. The summed E-state index contributed by atoms with van der Waals surface area (Å²) >= 11 is 0. The first-order valence-electron chi connectivity index (χ1n) is 17.8. The summed E-state index contributed by atoms with van der Waals surface area (Å²) in [6.45, 7) is 4.57. The lowest BCUT2D eigenvalue weighted by atomic mass is 10.1. The van der Waals surface area contributed by atoms with Crippen molar-refractivity contribution in [3.8, 4) is 0 Å². The highest BCUT2D eigenvalue weighted by Crippen LogP contribution is 2.66. The van der Waals surface area contributed by atoms with Crippen molar-refractivity contribution in [3.63, 3.8) is 0 Å². The molecule has 328 valence electrons. The minimum atomic E-state index is -5.35. The lowest BCUT2D eigenvalue weighted by molar-refractivity contribution is -0.148. The molecule has 0 spiro atoms. The van der Waals surface area contributed by atoms with E-state index in [2.05, 4.69) is 14.6 Å². The van der Waals surface area contributed by atoms with Crippen LogP contribution in [0.5, 0.6) is 0 Å². The lowest BCUT2D eigenvalue weighted by Gasteiger charge is -2.24. The van der Waals surface area contributed by atoms with Crippen LogP contribution >= 0.6 is 15.6 Å². The van der Waals surface area contributed by atoms with E-state index in [1.54, 1.807) is 38.1 Å². The van der Waals surface area contributed by atoms with E-state index >= 15 is 0 Å². The number of phosphoric acid groups is 2. The van der Waals surface area contributed by atoms with Crippen molar-refractivity contribution in [3.05, 3.63) is 63.1 Å². The summed E-state index contributed by atoms with van der Waals surface area (Å²) in [7, 11) is -10.7. The number of hydrogen-bond donors (Lipinski definition) is 2. The summed E-state index contributed by atoms with van der Waals surface area (Å²) in [6, 6.07) is 7.73. The van der Waals surface area contributed by atoms with Crippen LogP contribution in [0.2, 0.25) is 0 Å². The third kappa shape index (κ3) is 13.8. The van der Waals surface area contributed by atoms with Gasteiger partial charge in [-0.05, 0) is 53.7 Å². The van der Waals surface area contributed by atoms with Crippen LogP contribution in [0.25, 0.3) is 11.0 Å². The number of aromatic nitrogens is 3. The number of ether oxygens (including phenoxy) is 6. The number of nitrogens with zero attached hydrogens (tertiary/aromatic N) is 3. The van der Waals surface area contributed by atoms with Crippen LogP contribution in [0.15, 0.2) is 50.6 Å². The molecule has 2 N–H and O–H groups in total. The summed E-state index contributed by atoms with van der Waals surface area (Å²) in [5.74, 6) is -0.819. The number of carbonyl (C=O) groups excluding carboxylic acids is 3. The van der Waals surface area contributed by atoms with Crippen LogP contribution < -0.4 is 11.2 Å². The second-order valence-electron chi connectivity index (χ2n) is 13.1. The normalized spacial score (nSPS) is 19.2. The number of hydrogen-bond acceptors (Lipinski definition) is 22. The largest absolute Gasteiger partial charge is 0.510 e. The highest BCUT2D eigenvalue weighted by atomic mass is 31.3. The van der Waals surface area contributed by atoms with Gasteiger partial charge in [0.15, 0.2) is 11.8 Å². The maximum Gasteiger partial charge on any atom is 0.510 e. The Balaban J connectivity index is 1.55. The number of carbonyl (C=O) groups is 3. The van der Waals surface area contributed by atoms with Crippen LogP contribution in [0, 0.1) is 0 Å². The van der Waals surface area contributed by atoms with E-state index in [4.69, 9.17) is 45.9 Å². The van der Waals surface area contributed by atoms with Crippen LogP contribution in [-0.2, 0) is 71.3 Å². The molecule has 0 amide bonds. The van der Waals surface area contributed by atoms with Crippen LogP contribution in [-0.4, -0.2) is 106 Å². The molecule has 1 fully saturated rings. The maximum atomic E-state index is 14.1. The zero-order chi connectivity index (χ0) is 43.5. The predicted molar refractivity (Wildman–Crippen MR) is 195 cm³/mol. The van der Waals surface area contributed by atoms with Crippen molar-refractivity contribution in [2.45, 2.75) is 97.4 Å². The molecular formula is C33H45N3O21P2. The standard InChI is InChI=1S/C33H45N3O21P2/c1-19(2)52-27(38)12-14-48-58(44,57-59(45,50-17-46-32(42)53-20(3)4)51-18-47-33(43)54-21(5)6)49-16-25-28(39)29(40)30(55-25)35-13-11-26(37)36(31(35)41)15-23-22-9-7-8-10-24(22)56-34-23/h7-11,13,19-21,25,28-30,39-40H,12,14-18H2,1-6H3/t25-,28?,29+,30-,58?/m1/s1. The van der Waals surface area contributed by atoms with Crippen LogP contribution in [0.1, 0.15) is 59.9 Å². The molecule has 1 aliphatic rings. The number of para-hydroxylation sites is 1. The Hall–Kier alpha value is -4.48. The molecule has 59 heavy (non-hydrogen) atoms. The molecule has 1 aromatic carbocycles. The lowest BCUT2D eigenvalue weighted by Crippen LogP contribution is -2.43. The fourth-order valence-corrected chi connectivity index (χ4v) is 7.81. The highest BCUT2D eigenvalue weighted by molar-refractivity contribution is 7.62. The Morgan fingerprint density at radius 1 is 0.814 bits per heavy atom. The molecule has 26 heteroatoms. The average Bonchev–Trinajstić information content (AvgIpc) is 3.67. The molecule has 2 unspecified atom stereocenters. The Bertz CT molecular complexity index is 2080. The first-order valence-corrected chi connectivity index (χ1v) is 20.7. The Kier molecular flexibility index (Phi) is 16.9. The quantitative estimate of drug-likeness (QED) is 0.0669. The van der Waals surface area contributed by atoms with E-state index in [1.807, 2.05) is 0 Å². The molecule has 4 rings (SSSR count). The molecule has 1 saturated heterocycles. The van der Waals surface area contributed by atoms with Gasteiger partial charge in [-0.15, -0.1) is 0 Å². The molecule has 3 aromatic rings. The van der Waals surface area contributed by atoms with Gasteiger partial charge in [0.2, 0.25) is 13.6 Å². The van der Waals surface area contributed by atoms with E-state index in [-0.39, 0.29) is 12.2 Å².